The number of nitrogens with one attached hydrogen (secondary N) is 1. The summed E-state index contributed by atoms with van der Waals surface area (Å²) in [5, 5.41) is 42.6. The highest BCUT2D eigenvalue weighted by Crippen LogP contribution is 2.34. The van der Waals surface area contributed by atoms with Crippen molar-refractivity contribution < 1.29 is 47.9 Å². The second kappa shape index (κ2) is 9.64. The van der Waals surface area contributed by atoms with Gasteiger partial charge in [0.25, 0.3) is 11.7 Å². The van der Waals surface area contributed by atoms with Gasteiger partial charge >= 0.3 is 6.18 Å². The third-order valence-corrected chi connectivity index (χ3v) is 5.50. The van der Waals surface area contributed by atoms with Gasteiger partial charge in [-0.15, -0.1) is 0 Å². The molecule has 3 heterocycles. The lowest BCUT2D eigenvalue weighted by molar-refractivity contribution is -0.0885. The molecule has 1 fully saturated rings. The van der Waals surface area contributed by atoms with Crippen LogP contribution in [0.1, 0.15) is 26.9 Å². The maximum absolute atomic E-state index is 12.7. The number of aliphatic hydroxyl groups excluding tert-OH is 2. The van der Waals surface area contributed by atoms with Crippen molar-refractivity contribution >= 4 is 28.7 Å². The molecule has 16 heteroatoms. The number of halogens is 3. The minimum atomic E-state index is -5.26. The summed E-state index contributed by atoms with van der Waals surface area (Å²) in [5.41, 5.74) is 4.47. The fourth-order valence-electron chi connectivity index (χ4n) is 3.67. The number of hydrogen-bond acceptors (Lipinski definition) is 11. The van der Waals surface area contributed by atoms with Gasteiger partial charge in [-0.25, -0.2) is 15.0 Å². The SMILES string of the molecule is Nc1ncnc2c1ncn2[C@@H]1O[C@H](C=CCNC(=O)c2cc(C(=O)C(F)(F)F)cc(O)c2O)[C@H](O)C1O. The Bertz CT molecular complexity index is 1390. The number of aliphatic hydroxyl groups is 2. The Morgan fingerprint density at radius 3 is 2.59 bits per heavy atom. The first kappa shape index (κ1) is 25.8. The summed E-state index contributed by atoms with van der Waals surface area (Å²) in [6.07, 6.45) is -5.04. The molecule has 1 aliphatic rings. The number of aromatic nitrogens is 4. The van der Waals surface area contributed by atoms with Crippen molar-refractivity contribution in [3.63, 3.8) is 0 Å². The lowest BCUT2D eigenvalue weighted by Gasteiger charge is -2.16. The number of Topliss-reactive ketones (excluding diaryl/α,β-unsaturated/α-hetero) is 1. The highest BCUT2D eigenvalue weighted by Gasteiger charge is 2.43. The highest BCUT2D eigenvalue weighted by molar-refractivity contribution is 6.05. The van der Waals surface area contributed by atoms with Crippen LogP contribution in [0.5, 0.6) is 11.5 Å². The zero-order chi connectivity index (χ0) is 27.1. The Labute approximate surface area is 204 Å². The van der Waals surface area contributed by atoms with E-state index >= 15 is 0 Å². The van der Waals surface area contributed by atoms with E-state index in [1.165, 1.54) is 29.4 Å². The maximum Gasteiger partial charge on any atom is 0.454 e. The van der Waals surface area contributed by atoms with Crippen molar-refractivity contribution in [2.75, 3.05) is 12.3 Å². The van der Waals surface area contributed by atoms with Crippen LogP contribution in [0.15, 0.2) is 36.9 Å². The zero-order valence-corrected chi connectivity index (χ0v) is 18.5. The number of nitrogen functional groups attached to an aromatic ring is 1. The number of imidazole rings is 1. The molecule has 1 aliphatic heterocycles. The molecule has 196 valence electrons. The molecule has 2 aromatic heterocycles. The number of alkyl halides is 3. The molecule has 1 unspecified atom stereocenters. The number of ether oxygens (including phenoxy) is 1. The average Bonchev–Trinajstić information content (AvgIpc) is 3.39. The van der Waals surface area contributed by atoms with Crippen LogP contribution in [0.3, 0.4) is 0 Å². The van der Waals surface area contributed by atoms with Crippen LogP contribution < -0.4 is 11.1 Å². The van der Waals surface area contributed by atoms with Crippen LogP contribution in [0.25, 0.3) is 11.2 Å². The highest BCUT2D eigenvalue weighted by atomic mass is 19.4. The van der Waals surface area contributed by atoms with E-state index in [2.05, 4.69) is 20.3 Å². The minimum absolute atomic E-state index is 0.108. The van der Waals surface area contributed by atoms with E-state index < -0.39 is 65.0 Å². The van der Waals surface area contributed by atoms with Crippen LogP contribution in [0.4, 0.5) is 19.0 Å². The summed E-state index contributed by atoms with van der Waals surface area (Å²) in [6, 6.07) is 0.896. The molecule has 1 aromatic carbocycles. The molecule has 3 aromatic rings. The number of phenolic OH excluding ortho intramolecular Hbond substituents is 2. The van der Waals surface area contributed by atoms with Crippen LogP contribution in [0, 0.1) is 0 Å². The topological polar surface area (TPSA) is 206 Å². The lowest BCUT2D eigenvalue weighted by atomic mass is 10.0. The fourth-order valence-corrected chi connectivity index (χ4v) is 3.67. The fraction of sp³-hybridized carbons (Fsp3) is 0.286. The van der Waals surface area contributed by atoms with E-state index in [1.807, 2.05) is 0 Å². The molecule has 0 radical (unpaired) electrons. The molecule has 4 rings (SSSR count). The molecule has 13 nitrogen and oxygen atoms in total. The number of amides is 1. The van der Waals surface area contributed by atoms with Crippen molar-refractivity contribution in [2.45, 2.75) is 30.7 Å². The summed E-state index contributed by atoms with van der Waals surface area (Å²) in [4.78, 5) is 35.7. The average molecular weight is 524 g/mol. The summed E-state index contributed by atoms with van der Waals surface area (Å²) < 4.78 is 45.1. The molecule has 0 spiro atoms. The molecular weight excluding hydrogens is 505 g/mol. The number of carbonyl (C=O) groups is 2. The Kier molecular flexibility index (Phi) is 6.72. The Balaban J connectivity index is 1.43. The number of nitrogens with zero attached hydrogens (tertiary/aromatic N) is 4. The number of anilines is 1. The summed E-state index contributed by atoms with van der Waals surface area (Å²) in [7, 11) is 0. The van der Waals surface area contributed by atoms with Gasteiger partial charge in [-0.05, 0) is 12.1 Å². The maximum atomic E-state index is 12.7. The quantitative estimate of drug-likeness (QED) is 0.146. The van der Waals surface area contributed by atoms with Gasteiger partial charge in [-0.1, -0.05) is 12.2 Å². The number of phenols is 2. The second-order valence-electron chi connectivity index (χ2n) is 7.91. The van der Waals surface area contributed by atoms with Crippen molar-refractivity contribution in [3.05, 3.63) is 48.1 Å². The summed E-state index contributed by atoms with van der Waals surface area (Å²) >= 11 is 0. The monoisotopic (exact) mass is 524 g/mol. The van der Waals surface area contributed by atoms with Crippen LogP contribution >= 0.6 is 0 Å². The molecular formula is C21H19F3N6O7. The van der Waals surface area contributed by atoms with Crippen molar-refractivity contribution in [2.24, 2.45) is 0 Å². The van der Waals surface area contributed by atoms with E-state index in [9.17, 15) is 43.2 Å². The molecule has 37 heavy (non-hydrogen) atoms. The van der Waals surface area contributed by atoms with Gasteiger partial charge in [0.15, 0.2) is 29.2 Å². The number of carbonyl (C=O) groups excluding carboxylic acids is 2. The number of hydrogen-bond donors (Lipinski definition) is 6. The number of benzene rings is 1. The van der Waals surface area contributed by atoms with E-state index in [0.29, 0.717) is 12.1 Å². The molecule has 0 saturated carbocycles. The molecule has 7 N–H and O–H groups in total. The number of nitrogens with two attached hydrogens (primary N) is 1. The van der Waals surface area contributed by atoms with E-state index in [-0.39, 0.29) is 23.5 Å². The normalized spacial score (nSPS) is 22.1. The number of fused-ring (bicyclic) bond motifs is 1. The third kappa shape index (κ3) is 4.89. The number of aromatic hydroxyl groups is 2. The number of rotatable bonds is 6. The van der Waals surface area contributed by atoms with Gasteiger partial charge < -0.3 is 36.2 Å². The third-order valence-electron chi connectivity index (χ3n) is 5.50. The molecule has 0 bridgehead atoms. The Hall–Kier alpha value is -4.28. The van der Waals surface area contributed by atoms with Gasteiger partial charge in [0, 0.05) is 12.1 Å². The number of ketones is 1. The zero-order valence-electron chi connectivity index (χ0n) is 18.5. The van der Waals surface area contributed by atoms with Gasteiger partial charge in [-0.3, -0.25) is 14.2 Å². The largest absolute Gasteiger partial charge is 0.504 e. The van der Waals surface area contributed by atoms with Gasteiger partial charge in [0.05, 0.1) is 11.9 Å². The Morgan fingerprint density at radius 2 is 1.89 bits per heavy atom. The standard InChI is InChI=1S/C21H19F3N6O7/c22-21(23,24)16(35)8-4-9(13(32)10(31)5-8)19(36)26-3-1-2-11-14(33)15(34)20(37-11)30-7-29-12-17(25)27-6-28-18(12)30/h1-2,4-7,11,14-15,20,31-34H,3H2,(H,26,36)(H2,25,27,28)/t11-,14+,15?,20-/m1/s1. The summed E-state index contributed by atoms with van der Waals surface area (Å²) in [6.45, 7) is -0.262. The smallest absolute Gasteiger partial charge is 0.454 e. The van der Waals surface area contributed by atoms with E-state index in [4.69, 9.17) is 10.5 Å². The molecule has 4 atom stereocenters. The van der Waals surface area contributed by atoms with E-state index in [0.717, 1.165) is 0 Å². The summed E-state index contributed by atoms with van der Waals surface area (Å²) in [5.74, 6) is -5.40. The van der Waals surface area contributed by atoms with Gasteiger partial charge in [-0.2, -0.15) is 13.2 Å². The predicted molar refractivity (Wildman–Crippen MR) is 117 cm³/mol. The Morgan fingerprint density at radius 1 is 1.16 bits per heavy atom. The van der Waals surface area contributed by atoms with E-state index in [1.54, 1.807) is 0 Å². The van der Waals surface area contributed by atoms with Crippen LogP contribution in [0.2, 0.25) is 0 Å². The van der Waals surface area contributed by atoms with Crippen molar-refractivity contribution in [3.8, 4) is 11.5 Å². The van der Waals surface area contributed by atoms with Crippen LogP contribution in [-0.2, 0) is 4.74 Å². The first-order valence-corrected chi connectivity index (χ1v) is 10.5. The van der Waals surface area contributed by atoms with Crippen LogP contribution in [-0.4, -0.2) is 82.7 Å². The predicted octanol–water partition coefficient (Wildman–Crippen LogP) is 0.170. The molecule has 0 aliphatic carbocycles. The van der Waals surface area contributed by atoms with Gasteiger partial charge in [0.2, 0.25) is 0 Å². The first-order chi connectivity index (χ1) is 17.4. The molecule has 1 saturated heterocycles. The second-order valence-corrected chi connectivity index (χ2v) is 7.91. The lowest BCUT2D eigenvalue weighted by Crippen LogP contribution is -2.31. The van der Waals surface area contributed by atoms with Crippen molar-refractivity contribution in [1.29, 1.82) is 0 Å². The molecule has 1 amide bonds. The minimum Gasteiger partial charge on any atom is -0.504 e. The van der Waals surface area contributed by atoms with Crippen molar-refractivity contribution in [1.82, 2.24) is 24.8 Å². The first-order valence-electron chi connectivity index (χ1n) is 10.5. The van der Waals surface area contributed by atoms with Gasteiger partial charge in [0.1, 0.15) is 30.2 Å².